The van der Waals surface area contributed by atoms with Crippen LogP contribution in [0.2, 0.25) is 0 Å². The second-order valence-electron chi connectivity index (χ2n) is 5.88. The number of hydrogen-bond acceptors (Lipinski definition) is 2. The fourth-order valence-electron chi connectivity index (χ4n) is 2.77. The van der Waals surface area contributed by atoms with E-state index in [9.17, 15) is 0 Å². The molecule has 1 aliphatic rings. The zero-order valence-electron chi connectivity index (χ0n) is 11.2. The third-order valence-corrected chi connectivity index (χ3v) is 4.82. The fourth-order valence-corrected chi connectivity index (χ4v) is 3.05. The number of aromatic amines is 1. The largest absolute Gasteiger partial charge is 0.331 e. The summed E-state index contributed by atoms with van der Waals surface area (Å²) in [5.74, 6) is 0.665. The molecule has 1 aromatic heterocycles. The molecule has 1 saturated carbocycles. The lowest BCUT2D eigenvalue weighted by molar-refractivity contribution is 0.311. The molecular formula is C15H17N3S. The molecular weight excluding hydrogens is 254 g/mol. The van der Waals surface area contributed by atoms with Crippen LogP contribution in [0.4, 0.5) is 0 Å². The first-order valence-corrected chi connectivity index (χ1v) is 7.09. The van der Waals surface area contributed by atoms with Crippen LogP contribution in [-0.4, -0.2) is 9.55 Å². The Labute approximate surface area is 117 Å². The van der Waals surface area contributed by atoms with Crippen molar-refractivity contribution in [2.75, 3.05) is 0 Å². The van der Waals surface area contributed by atoms with Crippen molar-refractivity contribution >= 4 is 23.3 Å². The summed E-state index contributed by atoms with van der Waals surface area (Å²) in [6.07, 6.45) is 2.55. The van der Waals surface area contributed by atoms with Crippen molar-refractivity contribution < 1.29 is 0 Å². The fraction of sp³-hybridized carbons (Fsp3) is 0.467. The highest BCUT2D eigenvalue weighted by atomic mass is 32.1. The van der Waals surface area contributed by atoms with Crippen LogP contribution in [0, 0.1) is 27.4 Å². The third kappa shape index (κ3) is 1.98. The maximum atomic E-state index is 9.03. The molecule has 0 saturated heterocycles. The Kier molecular flexibility index (Phi) is 2.75. The van der Waals surface area contributed by atoms with Crippen LogP contribution < -0.4 is 0 Å². The van der Waals surface area contributed by atoms with Crippen LogP contribution in [0.25, 0.3) is 11.0 Å². The van der Waals surface area contributed by atoms with Gasteiger partial charge >= 0.3 is 0 Å². The highest BCUT2D eigenvalue weighted by molar-refractivity contribution is 7.71. The Morgan fingerprint density at radius 1 is 1.47 bits per heavy atom. The minimum absolute atomic E-state index is 0.399. The molecule has 0 bridgehead atoms. The number of benzene rings is 1. The maximum absolute atomic E-state index is 9.03. The molecule has 4 heteroatoms. The zero-order valence-corrected chi connectivity index (χ0v) is 12.0. The van der Waals surface area contributed by atoms with Crippen molar-refractivity contribution in [2.45, 2.75) is 33.2 Å². The average molecular weight is 271 g/mol. The summed E-state index contributed by atoms with van der Waals surface area (Å²) < 4.78 is 2.93. The van der Waals surface area contributed by atoms with Gasteiger partial charge in [0.15, 0.2) is 4.77 Å². The molecule has 0 aliphatic heterocycles. The monoisotopic (exact) mass is 271 g/mol. The Hall–Kier alpha value is -1.60. The summed E-state index contributed by atoms with van der Waals surface area (Å²) >= 11 is 5.44. The lowest BCUT2D eigenvalue weighted by atomic mass is 9.92. The molecule has 1 aliphatic carbocycles. The van der Waals surface area contributed by atoms with Gasteiger partial charge in [-0.15, -0.1) is 0 Å². The number of aromatic nitrogens is 2. The molecule has 98 valence electrons. The van der Waals surface area contributed by atoms with E-state index < -0.39 is 0 Å². The molecule has 3 nitrogen and oxygen atoms in total. The molecule has 3 rings (SSSR count). The van der Waals surface area contributed by atoms with Gasteiger partial charge in [0.2, 0.25) is 0 Å². The van der Waals surface area contributed by atoms with Gasteiger partial charge in [0.1, 0.15) is 0 Å². The van der Waals surface area contributed by atoms with E-state index in [0.717, 1.165) is 22.3 Å². The minimum atomic E-state index is 0.399. The van der Waals surface area contributed by atoms with Crippen molar-refractivity contribution in [2.24, 2.45) is 11.3 Å². The number of nitrogens with one attached hydrogen (secondary N) is 1. The topological polar surface area (TPSA) is 44.5 Å². The SMILES string of the molecule is CC(C)C1(Cn2c(=S)[nH]c3ccc(C#N)cc32)CC1. The van der Waals surface area contributed by atoms with Gasteiger partial charge in [-0.25, -0.2) is 0 Å². The highest BCUT2D eigenvalue weighted by Crippen LogP contribution is 2.53. The van der Waals surface area contributed by atoms with E-state index in [1.807, 2.05) is 18.2 Å². The van der Waals surface area contributed by atoms with Crippen LogP contribution in [0.5, 0.6) is 0 Å². The number of nitrogens with zero attached hydrogens (tertiary/aromatic N) is 2. The minimum Gasteiger partial charge on any atom is -0.331 e. The highest BCUT2D eigenvalue weighted by Gasteiger charge is 2.45. The number of fused-ring (bicyclic) bond motifs is 1. The predicted octanol–water partition coefficient (Wildman–Crippen LogP) is 4.01. The van der Waals surface area contributed by atoms with Crippen LogP contribution >= 0.6 is 12.2 Å². The molecule has 1 aromatic carbocycles. The molecule has 0 atom stereocenters. The van der Waals surface area contributed by atoms with E-state index in [4.69, 9.17) is 17.5 Å². The third-order valence-electron chi connectivity index (χ3n) is 4.49. The number of hydrogen-bond donors (Lipinski definition) is 1. The maximum Gasteiger partial charge on any atom is 0.178 e. The number of imidazole rings is 1. The van der Waals surface area contributed by atoms with Crippen molar-refractivity contribution in [3.05, 3.63) is 28.5 Å². The van der Waals surface area contributed by atoms with Gasteiger partial charge < -0.3 is 9.55 Å². The van der Waals surface area contributed by atoms with Crippen LogP contribution in [-0.2, 0) is 6.54 Å². The van der Waals surface area contributed by atoms with Crippen molar-refractivity contribution in [3.8, 4) is 6.07 Å². The molecule has 1 fully saturated rings. The van der Waals surface area contributed by atoms with Gasteiger partial charge in [-0.05, 0) is 54.6 Å². The summed E-state index contributed by atoms with van der Waals surface area (Å²) in [7, 11) is 0. The summed E-state index contributed by atoms with van der Waals surface area (Å²) in [5.41, 5.74) is 3.15. The summed E-state index contributed by atoms with van der Waals surface area (Å²) in [4.78, 5) is 3.24. The Bertz CT molecular complexity index is 726. The molecule has 0 spiro atoms. The van der Waals surface area contributed by atoms with Gasteiger partial charge in [0.25, 0.3) is 0 Å². The quantitative estimate of drug-likeness (QED) is 0.857. The number of H-pyrrole nitrogens is 1. The van der Waals surface area contributed by atoms with Crippen LogP contribution in [0.3, 0.4) is 0 Å². The first kappa shape index (κ1) is 12.4. The normalized spacial score (nSPS) is 16.7. The molecule has 2 aromatic rings. The Balaban J connectivity index is 2.10. The second kappa shape index (κ2) is 4.21. The molecule has 0 radical (unpaired) electrons. The smallest absolute Gasteiger partial charge is 0.178 e. The van der Waals surface area contributed by atoms with E-state index in [-0.39, 0.29) is 0 Å². The standard InChI is InChI=1S/C15H17N3S/c1-10(2)15(5-6-15)9-18-13-7-11(8-16)3-4-12(13)17-14(18)19/h3-4,7,10H,5-6,9H2,1-2H3,(H,17,19). The summed E-state index contributed by atoms with van der Waals surface area (Å²) in [6, 6.07) is 7.89. The predicted molar refractivity (Wildman–Crippen MR) is 78.3 cm³/mol. The van der Waals surface area contributed by atoms with E-state index >= 15 is 0 Å². The van der Waals surface area contributed by atoms with Crippen molar-refractivity contribution in [3.63, 3.8) is 0 Å². The van der Waals surface area contributed by atoms with Gasteiger partial charge in [-0.3, -0.25) is 0 Å². The van der Waals surface area contributed by atoms with Crippen molar-refractivity contribution in [1.29, 1.82) is 5.26 Å². The lowest BCUT2D eigenvalue weighted by Crippen LogP contribution is -2.17. The van der Waals surface area contributed by atoms with E-state index in [2.05, 4.69) is 29.5 Å². The zero-order chi connectivity index (χ0) is 13.6. The van der Waals surface area contributed by atoms with Gasteiger partial charge in [-0.1, -0.05) is 13.8 Å². The van der Waals surface area contributed by atoms with Gasteiger partial charge in [0, 0.05) is 6.54 Å². The van der Waals surface area contributed by atoms with Gasteiger partial charge in [0.05, 0.1) is 22.7 Å². The summed E-state index contributed by atoms with van der Waals surface area (Å²) in [5, 5.41) is 9.03. The van der Waals surface area contributed by atoms with E-state index in [0.29, 0.717) is 16.9 Å². The Morgan fingerprint density at radius 3 is 2.79 bits per heavy atom. The first-order valence-electron chi connectivity index (χ1n) is 6.68. The second-order valence-corrected chi connectivity index (χ2v) is 6.26. The molecule has 0 unspecified atom stereocenters. The van der Waals surface area contributed by atoms with Gasteiger partial charge in [-0.2, -0.15) is 5.26 Å². The molecule has 19 heavy (non-hydrogen) atoms. The van der Waals surface area contributed by atoms with Crippen molar-refractivity contribution in [1.82, 2.24) is 9.55 Å². The number of rotatable bonds is 3. The van der Waals surface area contributed by atoms with Crippen LogP contribution in [0.15, 0.2) is 18.2 Å². The van der Waals surface area contributed by atoms with E-state index in [1.165, 1.54) is 12.8 Å². The molecule has 1 N–H and O–H groups in total. The lowest BCUT2D eigenvalue weighted by Gasteiger charge is -2.20. The first-order chi connectivity index (χ1) is 9.05. The number of nitriles is 1. The molecule has 0 amide bonds. The van der Waals surface area contributed by atoms with Crippen LogP contribution in [0.1, 0.15) is 32.3 Å². The summed E-state index contributed by atoms with van der Waals surface area (Å²) in [6.45, 7) is 5.52. The van der Waals surface area contributed by atoms with E-state index in [1.54, 1.807) is 0 Å². The average Bonchev–Trinajstić information content (AvgIpc) is 3.11. The Morgan fingerprint density at radius 2 is 2.21 bits per heavy atom. The molecule has 1 heterocycles.